The van der Waals surface area contributed by atoms with Crippen LogP contribution in [0.2, 0.25) is 0 Å². The molecule has 1 saturated heterocycles. The van der Waals surface area contributed by atoms with Crippen LogP contribution in [0.25, 0.3) is 0 Å². The van der Waals surface area contributed by atoms with Gasteiger partial charge in [-0.05, 0) is 57.1 Å². The number of hydrogen-bond donors (Lipinski definition) is 1. The maximum Gasteiger partial charge on any atom is 0.573 e. The zero-order chi connectivity index (χ0) is 16.2. The van der Waals surface area contributed by atoms with Gasteiger partial charge in [-0.15, -0.1) is 13.2 Å². The maximum absolute atomic E-state index is 12.2. The predicted molar refractivity (Wildman–Crippen MR) is 76.6 cm³/mol. The highest BCUT2D eigenvalue weighted by Crippen LogP contribution is 2.24. The first-order valence-corrected chi connectivity index (χ1v) is 7.26. The van der Waals surface area contributed by atoms with E-state index in [0.29, 0.717) is 5.69 Å². The average molecular weight is 316 g/mol. The first kappa shape index (κ1) is 16.6. The van der Waals surface area contributed by atoms with E-state index in [0.717, 1.165) is 25.9 Å². The van der Waals surface area contributed by atoms with Crippen LogP contribution in [0.1, 0.15) is 26.2 Å². The fraction of sp³-hybridized carbons (Fsp3) is 0.533. The fourth-order valence-corrected chi connectivity index (χ4v) is 2.46. The molecular formula is C15H19F3N2O2. The van der Waals surface area contributed by atoms with E-state index in [4.69, 9.17) is 0 Å². The zero-order valence-corrected chi connectivity index (χ0v) is 12.3. The van der Waals surface area contributed by atoms with Crippen molar-refractivity contribution in [2.24, 2.45) is 0 Å². The second-order valence-corrected chi connectivity index (χ2v) is 5.33. The van der Waals surface area contributed by atoms with Gasteiger partial charge < -0.3 is 10.1 Å². The number of benzene rings is 1. The van der Waals surface area contributed by atoms with Gasteiger partial charge in [0, 0.05) is 5.69 Å². The third-order valence-electron chi connectivity index (χ3n) is 3.67. The summed E-state index contributed by atoms with van der Waals surface area (Å²) < 4.78 is 40.0. The summed E-state index contributed by atoms with van der Waals surface area (Å²) in [6.45, 7) is 3.63. The van der Waals surface area contributed by atoms with E-state index in [1.54, 1.807) is 0 Å². The Balaban J connectivity index is 1.91. The van der Waals surface area contributed by atoms with Crippen LogP contribution in [0.15, 0.2) is 24.3 Å². The molecule has 0 aliphatic carbocycles. The number of ether oxygens (including phenoxy) is 1. The van der Waals surface area contributed by atoms with Gasteiger partial charge in [0.15, 0.2) is 0 Å². The molecule has 1 aliphatic heterocycles. The standard InChI is InChI=1S/C15H19F3N2O2/c1-11(20-9-3-2-4-10-20)14(21)19-12-5-7-13(8-6-12)22-15(16,17)18/h5-8,11H,2-4,9-10H2,1H3,(H,19,21)/t11-/m1/s1. The smallest absolute Gasteiger partial charge is 0.406 e. The van der Waals surface area contributed by atoms with Crippen LogP contribution >= 0.6 is 0 Å². The van der Waals surface area contributed by atoms with Crippen LogP contribution in [0.4, 0.5) is 18.9 Å². The van der Waals surface area contributed by atoms with Gasteiger partial charge in [0.25, 0.3) is 0 Å². The Morgan fingerprint density at radius 2 is 1.77 bits per heavy atom. The molecule has 1 aromatic carbocycles. The minimum absolute atomic E-state index is 0.161. The van der Waals surface area contributed by atoms with Crippen molar-refractivity contribution in [3.8, 4) is 5.75 Å². The predicted octanol–water partition coefficient (Wildman–Crippen LogP) is 3.40. The summed E-state index contributed by atoms with van der Waals surface area (Å²) in [5, 5.41) is 2.71. The molecule has 1 atom stereocenters. The molecular weight excluding hydrogens is 297 g/mol. The summed E-state index contributed by atoms with van der Waals surface area (Å²) in [6.07, 6.45) is -1.36. The average Bonchev–Trinajstić information content (AvgIpc) is 2.48. The lowest BCUT2D eigenvalue weighted by Crippen LogP contribution is -2.44. The zero-order valence-electron chi connectivity index (χ0n) is 12.3. The molecule has 0 unspecified atom stereocenters. The van der Waals surface area contributed by atoms with Crippen molar-refractivity contribution in [3.63, 3.8) is 0 Å². The van der Waals surface area contributed by atoms with E-state index >= 15 is 0 Å². The number of likely N-dealkylation sites (tertiary alicyclic amines) is 1. The molecule has 0 radical (unpaired) electrons. The van der Waals surface area contributed by atoms with E-state index in [9.17, 15) is 18.0 Å². The highest BCUT2D eigenvalue weighted by molar-refractivity contribution is 5.94. The van der Waals surface area contributed by atoms with Crippen LogP contribution in [0.5, 0.6) is 5.75 Å². The molecule has 22 heavy (non-hydrogen) atoms. The van der Waals surface area contributed by atoms with E-state index in [1.807, 2.05) is 6.92 Å². The van der Waals surface area contributed by atoms with Crippen molar-refractivity contribution in [1.29, 1.82) is 0 Å². The largest absolute Gasteiger partial charge is 0.573 e. The second kappa shape index (κ2) is 7.00. The van der Waals surface area contributed by atoms with Crippen molar-refractivity contribution >= 4 is 11.6 Å². The Hall–Kier alpha value is -1.76. The van der Waals surface area contributed by atoms with Gasteiger partial charge in [0.2, 0.25) is 5.91 Å². The molecule has 122 valence electrons. The maximum atomic E-state index is 12.2. The molecule has 4 nitrogen and oxygen atoms in total. The lowest BCUT2D eigenvalue weighted by atomic mass is 10.1. The number of carbonyl (C=O) groups is 1. The molecule has 1 heterocycles. The Bertz CT molecular complexity index is 497. The Kier molecular flexibility index (Phi) is 5.28. The van der Waals surface area contributed by atoms with Gasteiger partial charge >= 0.3 is 6.36 Å². The summed E-state index contributed by atoms with van der Waals surface area (Å²) in [5.41, 5.74) is 0.448. The van der Waals surface area contributed by atoms with Gasteiger partial charge in [0.05, 0.1) is 6.04 Å². The number of anilines is 1. The number of nitrogens with one attached hydrogen (secondary N) is 1. The third kappa shape index (κ3) is 4.91. The van der Waals surface area contributed by atoms with E-state index < -0.39 is 6.36 Å². The van der Waals surface area contributed by atoms with Gasteiger partial charge in [-0.3, -0.25) is 9.69 Å². The number of halogens is 3. The molecule has 1 N–H and O–H groups in total. The number of piperidine rings is 1. The van der Waals surface area contributed by atoms with E-state index in [1.165, 1.54) is 30.7 Å². The summed E-state index contributed by atoms with van der Waals surface area (Å²) in [7, 11) is 0. The quantitative estimate of drug-likeness (QED) is 0.925. The fourth-order valence-electron chi connectivity index (χ4n) is 2.46. The number of carbonyl (C=O) groups excluding carboxylic acids is 1. The first-order valence-electron chi connectivity index (χ1n) is 7.26. The van der Waals surface area contributed by atoms with E-state index in [2.05, 4.69) is 15.0 Å². The van der Waals surface area contributed by atoms with Crippen molar-refractivity contribution in [2.45, 2.75) is 38.6 Å². The Labute approximate surface area is 127 Å². The minimum atomic E-state index is -4.71. The van der Waals surface area contributed by atoms with Gasteiger partial charge in [-0.1, -0.05) is 6.42 Å². The Morgan fingerprint density at radius 3 is 2.32 bits per heavy atom. The molecule has 0 saturated carbocycles. The molecule has 1 fully saturated rings. The highest BCUT2D eigenvalue weighted by atomic mass is 19.4. The molecule has 7 heteroatoms. The van der Waals surface area contributed by atoms with Gasteiger partial charge in [-0.2, -0.15) is 0 Å². The van der Waals surface area contributed by atoms with Crippen LogP contribution < -0.4 is 10.1 Å². The van der Waals surface area contributed by atoms with Gasteiger partial charge in [-0.25, -0.2) is 0 Å². The van der Waals surface area contributed by atoms with Crippen LogP contribution in [-0.2, 0) is 4.79 Å². The van der Waals surface area contributed by atoms with Crippen LogP contribution in [-0.4, -0.2) is 36.3 Å². The molecule has 1 aromatic rings. The van der Waals surface area contributed by atoms with Crippen molar-refractivity contribution in [2.75, 3.05) is 18.4 Å². The molecule has 0 aromatic heterocycles. The third-order valence-corrected chi connectivity index (χ3v) is 3.67. The number of nitrogens with zero attached hydrogens (tertiary/aromatic N) is 1. The summed E-state index contributed by atoms with van der Waals surface area (Å²) in [6, 6.07) is 4.87. The molecule has 2 rings (SSSR count). The number of alkyl halides is 3. The summed E-state index contributed by atoms with van der Waals surface area (Å²) in [5.74, 6) is -0.471. The highest BCUT2D eigenvalue weighted by Gasteiger charge is 2.31. The molecule has 1 amide bonds. The minimum Gasteiger partial charge on any atom is -0.406 e. The van der Waals surface area contributed by atoms with Crippen LogP contribution in [0.3, 0.4) is 0 Å². The topological polar surface area (TPSA) is 41.6 Å². The first-order chi connectivity index (χ1) is 10.3. The van der Waals surface area contributed by atoms with Crippen molar-refractivity contribution in [3.05, 3.63) is 24.3 Å². The number of rotatable bonds is 4. The monoisotopic (exact) mass is 316 g/mol. The second-order valence-electron chi connectivity index (χ2n) is 5.33. The molecule has 0 spiro atoms. The lowest BCUT2D eigenvalue weighted by molar-refractivity contribution is -0.274. The van der Waals surface area contributed by atoms with Crippen molar-refractivity contribution in [1.82, 2.24) is 4.90 Å². The Morgan fingerprint density at radius 1 is 1.18 bits per heavy atom. The van der Waals surface area contributed by atoms with Gasteiger partial charge in [0.1, 0.15) is 5.75 Å². The normalized spacial score (nSPS) is 17.8. The SMILES string of the molecule is C[C@H](C(=O)Nc1ccc(OC(F)(F)F)cc1)N1CCCCC1. The molecule has 1 aliphatic rings. The summed E-state index contributed by atoms with van der Waals surface area (Å²) >= 11 is 0. The summed E-state index contributed by atoms with van der Waals surface area (Å²) in [4.78, 5) is 14.3. The molecule has 0 bridgehead atoms. The number of hydrogen-bond acceptors (Lipinski definition) is 3. The van der Waals surface area contributed by atoms with E-state index in [-0.39, 0.29) is 17.7 Å². The van der Waals surface area contributed by atoms with Crippen molar-refractivity contribution < 1.29 is 22.7 Å². The lowest BCUT2D eigenvalue weighted by Gasteiger charge is -2.31. The van der Waals surface area contributed by atoms with Crippen LogP contribution in [0, 0.1) is 0 Å². The number of amides is 1.